The number of amidine groups is 1. The molecule has 0 spiro atoms. The fraction of sp³-hybridized carbons (Fsp3) is 0.167. The normalized spacial score (nSPS) is 19.2. The number of methoxy groups -OCH3 is 2. The van der Waals surface area contributed by atoms with Crippen molar-refractivity contribution in [1.82, 2.24) is 5.32 Å². The largest absolute Gasteiger partial charge is 0.493 e. The number of benzene rings is 3. The minimum Gasteiger partial charge on any atom is -0.493 e. The first-order valence-corrected chi connectivity index (χ1v) is 10.9. The molecule has 2 aliphatic heterocycles. The van der Waals surface area contributed by atoms with Gasteiger partial charge in [0.25, 0.3) is 6.23 Å². The van der Waals surface area contributed by atoms with E-state index in [1.165, 1.54) is 0 Å². The predicted molar refractivity (Wildman–Crippen MR) is 126 cm³/mol. The molecule has 3 N–H and O–H groups in total. The maximum Gasteiger partial charge on any atom is 0.254 e. The lowest BCUT2D eigenvalue weighted by Gasteiger charge is -2.30. The molecule has 0 amide bonds. The van der Waals surface area contributed by atoms with Crippen LogP contribution in [0, 0.1) is 0 Å². The van der Waals surface area contributed by atoms with Gasteiger partial charge in [0, 0.05) is 16.9 Å². The number of rotatable bonds is 5. The molecule has 33 heavy (non-hydrogen) atoms. The number of aldehydes is 1. The maximum atomic E-state index is 11.2. The van der Waals surface area contributed by atoms with E-state index in [1.54, 1.807) is 14.2 Å². The topological polar surface area (TPSA) is 104 Å². The fourth-order valence-electron chi connectivity index (χ4n) is 4.25. The summed E-state index contributed by atoms with van der Waals surface area (Å²) in [4.78, 5) is 16.4. The lowest BCUT2D eigenvalue weighted by atomic mass is 9.81. The summed E-state index contributed by atoms with van der Waals surface area (Å²) in [6, 6.07) is 15.8. The van der Waals surface area contributed by atoms with E-state index in [9.17, 15) is 4.79 Å². The summed E-state index contributed by atoms with van der Waals surface area (Å²) in [5, 5.41) is 8.97. The molecule has 3 aromatic rings. The number of carbonyl (C=O) groups is 1. The Morgan fingerprint density at radius 2 is 1.97 bits per heavy atom. The van der Waals surface area contributed by atoms with Crippen LogP contribution in [0.2, 0.25) is 0 Å². The predicted octanol–water partition coefficient (Wildman–Crippen LogP) is 3.77. The smallest absolute Gasteiger partial charge is 0.254 e. The van der Waals surface area contributed by atoms with Gasteiger partial charge in [0.2, 0.25) is 0 Å². The second kappa shape index (κ2) is 8.32. The van der Waals surface area contributed by atoms with E-state index >= 15 is 0 Å². The Balaban J connectivity index is 1.76. The molecule has 2 atom stereocenters. The van der Waals surface area contributed by atoms with Crippen LogP contribution in [-0.2, 0) is 9.63 Å². The van der Waals surface area contributed by atoms with Crippen molar-refractivity contribution in [3.05, 3.63) is 75.6 Å². The van der Waals surface area contributed by atoms with Crippen molar-refractivity contribution in [2.45, 2.75) is 12.1 Å². The molecule has 3 aromatic carbocycles. The monoisotopic (exact) mass is 509 g/mol. The van der Waals surface area contributed by atoms with E-state index in [-0.39, 0.29) is 5.88 Å². The first kappa shape index (κ1) is 21.1. The number of nitrogens with two attached hydrogens (primary N) is 1. The summed E-state index contributed by atoms with van der Waals surface area (Å²) < 4.78 is 17.9. The molecule has 0 aliphatic carbocycles. The highest BCUT2D eigenvalue weighted by molar-refractivity contribution is 9.10. The Kier molecular flexibility index (Phi) is 5.33. The highest BCUT2D eigenvalue weighted by atomic mass is 79.9. The summed E-state index contributed by atoms with van der Waals surface area (Å²) in [6.07, 6.45) is -0.267. The van der Waals surface area contributed by atoms with Gasteiger partial charge in [-0.3, -0.25) is 4.79 Å². The summed E-state index contributed by atoms with van der Waals surface area (Å²) in [6.45, 7) is 0. The molecule has 2 unspecified atom stereocenters. The Morgan fingerprint density at radius 1 is 1.15 bits per heavy atom. The van der Waals surface area contributed by atoms with E-state index in [2.05, 4.69) is 26.4 Å². The number of oxime groups is 1. The molecule has 0 saturated carbocycles. The number of fused-ring (bicyclic) bond motifs is 3. The molecule has 9 heteroatoms. The van der Waals surface area contributed by atoms with Gasteiger partial charge in [0.15, 0.2) is 29.5 Å². The molecule has 0 radical (unpaired) electrons. The zero-order valence-electron chi connectivity index (χ0n) is 17.8. The molecule has 0 fully saturated rings. The molecular weight excluding hydrogens is 490 g/mol. The van der Waals surface area contributed by atoms with Crippen molar-refractivity contribution in [1.29, 1.82) is 0 Å². The molecule has 0 aromatic heterocycles. The second-order valence-electron chi connectivity index (χ2n) is 7.50. The van der Waals surface area contributed by atoms with Gasteiger partial charge in [0.1, 0.15) is 5.75 Å². The van der Waals surface area contributed by atoms with Gasteiger partial charge in [-0.15, -0.1) is 0 Å². The zero-order chi connectivity index (χ0) is 23.1. The SMILES string of the molecule is COc1cc(C2C(C3=NOC(C=O)N3)=C(N)Oc3c2ccc2ccccc32)cc(Br)c1OC. The van der Waals surface area contributed by atoms with Crippen LogP contribution in [-0.4, -0.2) is 32.6 Å². The van der Waals surface area contributed by atoms with Crippen molar-refractivity contribution >= 4 is 38.8 Å². The summed E-state index contributed by atoms with van der Waals surface area (Å²) in [5.41, 5.74) is 8.77. The van der Waals surface area contributed by atoms with Crippen molar-refractivity contribution in [2.24, 2.45) is 10.9 Å². The quantitative estimate of drug-likeness (QED) is 0.504. The number of hydrogen-bond donors (Lipinski definition) is 2. The summed E-state index contributed by atoms with van der Waals surface area (Å²) in [7, 11) is 3.16. The average Bonchev–Trinajstić information content (AvgIpc) is 3.31. The molecule has 8 nitrogen and oxygen atoms in total. The van der Waals surface area contributed by atoms with Crippen molar-refractivity contribution in [3.63, 3.8) is 0 Å². The van der Waals surface area contributed by atoms with Crippen LogP contribution in [0.25, 0.3) is 10.8 Å². The first-order valence-electron chi connectivity index (χ1n) is 10.1. The van der Waals surface area contributed by atoms with E-state index in [0.717, 1.165) is 26.4 Å². The number of carbonyl (C=O) groups excluding carboxylic acids is 1. The molecule has 168 valence electrons. The average molecular weight is 510 g/mol. The van der Waals surface area contributed by atoms with E-state index in [4.69, 9.17) is 24.8 Å². The van der Waals surface area contributed by atoms with Crippen molar-refractivity contribution < 1.29 is 23.8 Å². The van der Waals surface area contributed by atoms with Crippen LogP contribution in [0.15, 0.2) is 69.6 Å². The molecule has 0 bridgehead atoms. The van der Waals surface area contributed by atoms with Crippen LogP contribution < -0.4 is 25.3 Å². The minimum atomic E-state index is -0.893. The van der Waals surface area contributed by atoms with E-state index in [0.29, 0.717) is 34.9 Å². The Morgan fingerprint density at radius 3 is 2.70 bits per heavy atom. The van der Waals surface area contributed by atoms with Crippen LogP contribution >= 0.6 is 15.9 Å². The van der Waals surface area contributed by atoms with Gasteiger partial charge in [-0.2, -0.15) is 0 Å². The van der Waals surface area contributed by atoms with Gasteiger partial charge in [-0.1, -0.05) is 41.6 Å². The highest BCUT2D eigenvalue weighted by Gasteiger charge is 2.38. The highest BCUT2D eigenvalue weighted by Crippen LogP contribution is 2.48. The van der Waals surface area contributed by atoms with Crippen LogP contribution in [0.3, 0.4) is 0 Å². The van der Waals surface area contributed by atoms with Crippen LogP contribution in [0.1, 0.15) is 17.0 Å². The zero-order valence-corrected chi connectivity index (χ0v) is 19.4. The van der Waals surface area contributed by atoms with Gasteiger partial charge < -0.3 is 30.1 Å². The third-order valence-electron chi connectivity index (χ3n) is 5.69. The van der Waals surface area contributed by atoms with Crippen molar-refractivity contribution in [2.75, 3.05) is 14.2 Å². The Labute approximate surface area is 198 Å². The van der Waals surface area contributed by atoms with Gasteiger partial charge >= 0.3 is 0 Å². The molecular formula is C24H20BrN3O5. The molecule has 2 aliphatic rings. The van der Waals surface area contributed by atoms with E-state index < -0.39 is 12.1 Å². The third kappa shape index (κ3) is 3.45. The number of halogens is 1. The van der Waals surface area contributed by atoms with Gasteiger partial charge in [-0.05, 0) is 39.0 Å². The molecule has 5 rings (SSSR count). The Bertz CT molecular complexity index is 1340. The van der Waals surface area contributed by atoms with Crippen LogP contribution in [0.4, 0.5) is 0 Å². The number of hydrogen-bond acceptors (Lipinski definition) is 8. The second-order valence-corrected chi connectivity index (χ2v) is 8.36. The standard InChI is InChI=1S/C24H20BrN3O5/c1-30-17-10-13(9-16(25)22(17)31-2)19-15-8-7-12-5-3-4-6-14(12)21(15)32-23(26)20(19)24-27-18(11-29)33-28-24/h3-11,18-19H,26H2,1-2H3,(H,27,28). The number of nitrogens with one attached hydrogen (secondary N) is 1. The lowest BCUT2D eigenvalue weighted by Crippen LogP contribution is -2.36. The number of nitrogens with zero attached hydrogens (tertiary/aromatic N) is 1. The first-order chi connectivity index (χ1) is 16.0. The molecule has 2 heterocycles. The summed E-state index contributed by atoms with van der Waals surface area (Å²) in [5.74, 6) is 1.89. The fourth-order valence-corrected chi connectivity index (χ4v) is 4.87. The van der Waals surface area contributed by atoms with Crippen LogP contribution in [0.5, 0.6) is 17.2 Å². The third-order valence-corrected chi connectivity index (χ3v) is 6.28. The number of ether oxygens (including phenoxy) is 3. The van der Waals surface area contributed by atoms with Gasteiger partial charge in [0.05, 0.1) is 24.3 Å². The van der Waals surface area contributed by atoms with Crippen molar-refractivity contribution in [3.8, 4) is 17.2 Å². The van der Waals surface area contributed by atoms with Gasteiger partial charge in [-0.25, -0.2) is 0 Å². The summed E-state index contributed by atoms with van der Waals surface area (Å²) >= 11 is 3.58. The minimum absolute atomic E-state index is 0.163. The van der Waals surface area contributed by atoms with E-state index in [1.807, 2.05) is 48.5 Å². The lowest BCUT2D eigenvalue weighted by molar-refractivity contribution is -0.117. The molecule has 0 saturated heterocycles. The maximum absolute atomic E-state index is 11.2. The Hall–Kier alpha value is -3.72.